The Hall–Kier alpha value is -4.97. The number of hydrogen-bond donors (Lipinski definition) is 0. The third-order valence-corrected chi connectivity index (χ3v) is 13.0. The van der Waals surface area contributed by atoms with Crippen LogP contribution in [0.4, 0.5) is 0 Å². The summed E-state index contributed by atoms with van der Waals surface area (Å²) in [5.41, 5.74) is 0. The van der Waals surface area contributed by atoms with Gasteiger partial charge in [-0.1, -0.05) is 256 Å². The molecule has 0 bridgehead atoms. The molecule has 0 aliphatic rings. The number of carbonyl (C=O) groups excluding carboxylic acids is 3. The lowest BCUT2D eigenvalue weighted by molar-refractivity contribution is -0.167. The van der Waals surface area contributed by atoms with E-state index < -0.39 is 6.10 Å². The minimum absolute atomic E-state index is 0.105. The average molecular weight is 1090 g/mol. The molecule has 0 aromatic carbocycles. The van der Waals surface area contributed by atoms with E-state index >= 15 is 0 Å². The maximum atomic E-state index is 12.9. The van der Waals surface area contributed by atoms with Crippen LogP contribution in [-0.2, 0) is 28.6 Å². The standard InChI is InChI=1S/C73H116O6/c1-4-7-10-13-16-19-22-25-28-31-33-34-35-36-37-38-40-42-45-48-51-54-57-60-63-66-72(75)78-69-70(68-77-71(74)65-62-59-56-53-50-47-44-41-30-27-24-21-18-15-12-9-6-3)79-73(76)67-64-61-58-55-52-49-46-43-39-32-29-26-23-20-17-14-11-8-5-2/h7-8,10-11,16-21,25-30,33-34,36-37,39-40,42-43,48,51,70H,4-6,9,12-15,22-24,31-32,35,38,41,44-47,49-50,52-69H2,1-3H3/b10-7-,11-8-,19-16-,20-17-,21-18-,28-25-,29-26-,30-27-,34-33-,37-36-,42-40-,43-39-,51-48-. The molecular weight excluding hydrogens is 973 g/mol. The number of rotatable bonds is 56. The van der Waals surface area contributed by atoms with Crippen LogP contribution in [0, 0.1) is 0 Å². The van der Waals surface area contributed by atoms with Crippen molar-refractivity contribution >= 4 is 17.9 Å². The van der Waals surface area contributed by atoms with Crippen molar-refractivity contribution in [1.82, 2.24) is 0 Å². The molecule has 6 nitrogen and oxygen atoms in total. The highest BCUT2D eigenvalue weighted by Crippen LogP contribution is 2.14. The van der Waals surface area contributed by atoms with Gasteiger partial charge in [0, 0.05) is 19.3 Å². The Kier molecular flexibility index (Phi) is 61.4. The molecule has 79 heavy (non-hydrogen) atoms. The number of esters is 3. The monoisotopic (exact) mass is 1090 g/mol. The van der Waals surface area contributed by atoms with Gasteiger partial charge in [-0.3, -0.25) is 14.4 Å². The van der Waals surface area contributed by atoms with Gasteiger partial charge in [0.2, 0.25) is 0 Å². The van der Waals surface area contributed by atoms with E-state index in [1.165, 1.54) is 64.2 Å². The molecule has 0 rings (SSSR count). The molecule has 0 spiro atoms. The van der Waals surface area contributed by atoms with Crippen LogP contribution < -0.4 is 0 Å². The lowest BCUT2D eigenvalue weighted by atomic mass is 10.1. The van der Waals surface area contributed by atoms with Gasteiger partial charge in [-0.15, -0.1) is 0 Å². The molecule has 0 saturated heterocycles. The Bertz CT molecular complexity index is 1780. The van der Waals surface area contributed by atoms with E-state index in [0.717, 1.165) is 161 Å². The molecule has 0 heterocycles. The Labute approximate surface area is 486 Å². The number of unbranched alkanes of at least 4 members (excludes halogenated alkanes) is 19. The molecule has 444 valence electrons. The second kappa shape index (κ2) is 65.5. The molecule has 6 heteroatoms. The molecule has 1 unspecified atom stereocenters. The predicted molar refractivity (Wildman–Crippen MR) is 343 cm³/mol. The summed E-state index contributed by atoms with van der Waals surface area (Å²) in [4.78, 5) is 38.4. The van der Waals surface area contributed by atoms with Crippen molar-refractivity contribution in [3.63, 3.8) is 0 Å². The molecule has 0 aromatic rings. The second-order valence-electron chi connectivity index (χ2n) is 20.5. The fourth-order valence-electron chi connectivity index (χ4n) is 8.27. The first-order valence-corrected chi connectivity index (χ1v) is 32.0. The van der Waals surface area contributed by atoms with E-state index in [1.807, 2.05) is 0 Å². The van der Waals surface area contributed by atoms with Crippen molar-refractivity contribution in [2.45, 2.75) is 271 Å². The largest absolute Gasteiger partial charge is 0.462 e. The summed E-state index contributed by atoms with van der Waals surface area (Å²) in [6.45, 7) is 6.34. The van der Waals surface area contributed by atoms with Crippen LogP contribution in [0.5, 0.6) is 0 Å². The third kappa shape index (κ3) is 63.7. The van der Waals surface area contributed by atoms with Gasteiger partial charge in [0.15, 0.2) is 6.10 Å². The molecule has 1 atom stereocenters. The number of ether oxygens (including phenoxy) is 3. The molecule has 0 amide bonds. The summed E-state index contributed by atoms with van der Waals surface area (Å²) in [6.07, 6.45) is 95.2. The molecule has 0 radical (unpaired) electrons. The lowest BCUT2D eigenvalue weighted by Gasteiger charge is -2.18. The minimum Gasteiger partial charge on any atom is -0.462 e. The molecule has 0 fully saturated rings. The van der Waals surface area contributed by atoms with Crippen LogP contribution in [0.3, 0.4) is 0 Å². The van der Waals surface area contributed by atoms with Crippen molar-refractivity contribution in [3.8, 4) is 0 Å². The first-order chi connectivity index (χ1) is 39.0. The maximum Gasteiger partial charge on any atom is 0.306 e. The van der Waals surface area contributed by atoms with Crippen LogP contribution in [0.15, 0.2) is 158 Å². The van der Waals surface area contributed by atoms with E-state index in [0.29, 0.717) is 19.3 Å². The van der Waals surface area contributed by atoms with Crippen molar-refractivity contribution in [2.75, 3.05) is 13.2 Å². The zero-order valence-corrected chi connectivity index (χ0v) is 50.8. The van der Waals surface area contributed by atoms with Crippen LogP contribution in [-0.4, -0.2) is 37.2 Å². The first kappa shape index (κ1) is 74.0. The van der Waals surface area contributed by atoms with Gasteiger partial charge in [-0.25, -0.2) is 0 Å². The fourth-order valence-corrected chi connectivity index (χ4v) is 8.27. The highest BCUT2D eigenvalue weighted by molar-refractivity contribution is 5.71. The smallest absolute Gasteiger partial charge is 0.306 e. The van der Waals surface area contributed by atoms with Gasteiger partial charge < -0.3 is 14.2 Å². The SMILES string of the molecule is CC/C=C\C/C=C\C/C=C\C/C=C\C/C=C\C/C=C\C/C=C\CCCCCC(=O)OCC(COC(=O)CCCCCCCCC/C=C\C/C=C\CCCCC)OC(=O)CCCCCCCC/C=C\C/C=C\C/C=C\C/C=C\CC. The van der Waals surface area contributed by atoms with E-state index in [4.69, 9.17) is 14.2 Å². The molecule has 0 aromatic heterocycles. The molecule has 0 N–H and O–H groups in total. The highest BCUT2D eigenvalue weighted by Gasteiger charge is 2.19. The van der Waals surface area contributed by atoms with E-state index in [1.54, 1.807) is 0 Å². The van der Waals surface area contributed by atoms with Gasteiger partial charge in [0.05, 0.1) is 0 Å². The maximum absolute atomic E-state index is 12.9. The molecule has 0 aliphatic heterocycles. The molecule has 0 saturated carbocycles. The normalized spacial score (nSPS) is 13.2. The zero-order valence-electron chi connectivity index (χ0n) is 50.8. The van der Waals surface area contributed by atoms with Crippen LogP contribution in [0.1, 0.15) is 265 Å². The topological polar surface area (TPSA) is 78.9 Å². The minimum atomic E-state index is -0.813. The van der Waals surface area contributed by atoms with Crippen LogP contribution in [0.25, 0.3) is 0 Å². The average Bonchev–Trinajstić information content (AvgIpc) is 3.45. The van der Waals surface area contributed by atoms with E-state index in [9.17, 15) is 14.4 Å². The van der Waals surface area contributed by atoms with Crippen molar-refractivity contribution in [3.05, 3.63) is 158 Å². The van der Waals surface area contributed by atoms with Gasteiger partial charge >= 0.3 is 17.9 Å². The van der Waals surface area contributed by atoms with Gasteiger partial charge in [0.1, 0.15) is 13.2 Å². The Morgan fingerprint density at radius 2 is 0.494 bits per heavy atom. The predicted octanol–water partition coefficient (Wildman–Crippen LogP) is 22.1. The molecule has 0 aliphatic carbocycles. The number of allylic oxidation sites excluding steroid dienone is 26. The van der Waals surface area contributed by atoms with Gasteiger partial charge in [-0.05, 0) is 148 Å². The van der Waals surface area contributed by atoms with Crippen molar-refractivity contribution in [1.29, 1.82) is 0 Å². The van der Waals surface area contributed by atoms with Crippen LogP contribution in [0.2, 0.25) is 0 Å². The first-order valence-electron chi connectivity index (χ1n) is 32.0. The summed E-state index contributed by atoms with van der Waals surface area (Å²) >= 11 is 0. The zero-order chi connectivity index (χ0) is 57.1. The molecular formula is C73H116O6. The lowest BCUT2D eigenvalue weighted by Crippen LogP contribution is -2.30. The quantitative estimate of drug-likeness (QED) is 0.0261. The van der Waals surface area contributed by atoms with E-state index in [-0.39, 0.29) is 31.1 Å². The van der Waals surface area contributed by atoms with Crippen molar-refractivity contribution in [2.24, 2.45) is 0 Å². The van der Waals surface area contributed by atoms with E-state index in [2.05, 4.69) is 179 Å². The van der Waals surface area contributed by atoms with Crippen LogP contribution >= 0.6 is 0 Å². The summed E-state index contributed by atoms with van der Waals surface area (Å²) in [7, 11) is 0. The highest BCUT2D eigenvalue weighted by atomic mass is 16.6. The third-order valence-electron chi connectivity index (χ3n) is 13.0. The fraction of sp³-hybridized carbons (Fsp3) is 0.603. The summed E-state index contributed by atoms with van der Waals surface area (Å²) < 4.78 is 16.9. The van der Waals surface area contributed by atoms with Gasteiger partial charge in [-0.2, -0.15) is 0 Å². The summed E-state index contributed by atoms with van der Waals surface area (Å²) in [5, 5.41) is 0. The summed E-state index contributed by atoms with van der Waals surface area (Å²) in [5.74, 6) is -0.963. The number of carbonyl (C=O) groups is 3. The Morgan fingerprint density at radius 3 is 0.785 bits per heavy atom. The van der Waals surface area contributed by atoms with Gasteiger partial charge in [0.25, 0.3) is 0 Å². The van der Waals surface area contributed by atoms with Crippen molar-refractivity contribution < 1.29 is 28.6 Å². The Morgan fingerprint density at radius 1 is 0.266 bits per heavy atom. The second-order valence-corrected chi connectivity index (χ2v) is 20.5. The summed E-state index contributed by atoms with van der Waals surface area (Å²) in [6, 6.07) is 0. The number of hydrogen-bond acceptors (Lipinski definition) is 6. The Balaban J connectivity index is 4.52.